The highest BCUT2D eigenvalue weighted by atomic mass is 16.5. The van der Waals surface area contributed by atoms with Gasteiger partial charge in [-0.2, -0.15) is 0 Å². The van der Waals surface area contributed by atoms with Crippen molar-refractivity contribution in [3.8, 4) is 11.3 Å². The summed E-state index contributed by atoms with van der Waals surface area (Å²) in [6, 6.07) is 10.5. The molecule has 3 rings (SSSR count). The summed E-state index contributed by atoms with van der Waals surface area (Å²) >= 11 is 0. The molecule has 0 aliphatic heterocycles. The second-order valence-electron chi connectivity index (χ2n) is 6.73. The molecule has 0 N–H and O–H groups in total. The van der Waals surface area contributed by atoms with E-state index in [1.165, 1.54) is 17.0 Å². The van der Waals surface area contributed by atoms with Crippen molar-refractivity contribution in [3.05, 3.63) is 60.6 Å². The van der Waals surface area contributed by atoms with Crippen molar-refractivity contribution in [3.63, 3.8) is 0 Å². The summed E-state index contributed by atoms with van der Waals surface area (Å²) in [5.74, 6) is 0.452. The van der Waals surface area contributed by atoms with Gasteiger partial charge in [-0.3, -0.25) is 0 Å². The van der Waals surface area contributed by atoms with E-state index in [0.29, 0.717) is 12.5 Å². The molecule has 1 unspecified atom stereocenters. The van der Waals surface area contributed by atoms with Crippen molar-refractivity contribution in [1.82, 2.24) is 19.1 Å². The monoisotopic (exact) mass is 352 g/mol. The molecule has 3 aromatic rings. The first-order valence-corrected chi connectivity index (χ1v) is 9.33. The summed E-state index contributed by atoms with van der Waals surface area (Å²) in [5, 5.41) is 0. The van der Waals surface area contributed by atoms with Crippen molar-refractivity contribution in [2.75, 3.05) is 13.7 Å². The molecule has 0 saturated heterocycles. The third-order valence-corrected chi connectivity index (χ3v) is 4.78. The second-order valence-corrected chi connectivity index (χ2v) is 6.73. The van der Waals surface area contributed by atoms with Gasteiger partial charge in [-0.15, -0.1) is 0 Å². The van der Waals surface area contributed by atoms with Gasteiger partial charge in [0.1, 0.15) is 0 Å². The third-order valence-electron chi connectivity index (χ3n) is 4.78. The van der Waals surface area contributed by atoms with Crippen LogP contribution in [0.4, 0.5) is 0 Å². The van der Waals surface area contributed by atoms with Crippen molar-refractivity contribution < 1.29 is 4.74 Å². The lowest BCUT2D eigenvalue weighted by Crippen LogP contribution is -2.12. The molecule has 0 spiro atoms. The first-order valence-electron chi connectivity index (χ1n) is 9.33. The van der Waals surface area contributed by atoms with E-state index in [1.54, 1.807) is 7.11 Å². The van der Waals surface area contributed by atoms with Crippen LogP contribution in [0.25, 0.3) is 11.3 Å². The Bertz CT molecular complexity index is 807. The highest BCUT2D eigenvalue weighted by Crippen LogP contribution is 2.31. The Morgan fingerprint density at radius 3 is 2.65 bits per heavy atom. The minimum Gasteiger partial charge on any atom is -0.383 e. The maximum absolute atomic E-state index is 5.21. The molecule has 0 aliphatic rings. The highest BCUT2D eigenvalue weighted by molar-refractivity contribution is 5.62. The van der Waals surface area contributed by atoms with Crippen LogP contribution in [-0.4, -0.2) is 32.8 Å². The van der Waals surface area contributed by atoms with Crippen LogP contribution in [0.1, 0.15) is 44.0 Å². The summed E-state index contributed by atoms with van der Waals surface area (Å²) in [6.07, 6.45) is 8.09. The number of ether oxygens (including phenoxy) is 1. The Morgan fingerprint density at radius 2 is 1.92 bits per heavy atom. The molecule has 2 heterocycles. The molecule has 5 nitrogen and oxygen atoms in total. The van der Waals surface area contributed by atoms with Gasteiger partial charge in [0.05, 0.1) is 37.2 Å². The summed E-state index contributed by atoms with van der Waals surface area (Å²) in [5.41, 5.74) is 4.74. The Kier molecular flexibility index (Phi) is 6.23. The number of imidazole rings is 2. The maximum atomic E-state index is 5.21. The third kappa shape index (κ3) is 4.05. The van der Waals surface area contributed by atoms with E-state index < -0.39 is 0 Å². The maximum Gasteiger partial charge on any atom is 0.0959 e. The Morgan fingerprint density at radius 1 is 1.12 bits per heavy atom. The summed E-state index contributed by atoms with van der Waals surface area (Å²) < 4.78 is 9.64. The molecule has 5 heteroatoms. The van der Waals surface area contributed by atoms with E-state index in [2.05, 4.69) is 52.2 Å². The van der Waals surface area contributed by atoms with Gasteiger partial charge in [0.2, 0.25) is 0 Å². The zero-order valence-corrected chi connectivity index (χ0v) is 15.9. The van der Waals surface area contributed by atoms with Crippen LogP contribution in [0.5, 0.6) is 0 Å². The first kappa shape index (κ1) is 18.4. The largest absolute Gasteiger partial charge is 0.383 e. The van der Waals surface area contributed by atoms with Gasteiger partial charge >= 0.3 is 0 Å². The van der Waals surface area contributed by atoms with Gasteiger partial charge in [0.25, 0.3) is 0 Å². The van der Waals surface area contributed by atoms with Gasteiger partial charge in [0, 0.05) is 31.1 Å². The lowest BCUT2D eigenvalue weighted by atomic mass is 9.97. The van der Waals surface area contributed by atoms with Gasteiger partial charge < -0.3 is 13.9 Å². The average Bonchev–Trinajstić information content (AvgIpc) is 3.28. The molecule has 0 radical (unpaired) electrons. The molecule has 0 aliphatic carbocycles. The Labute approximate surface area is 155 Å². The van der Waals surface area contributed by atoms with E-state index in [4.69, 9.17) is 9.72 Å². The molecule has 1 atom stereocenters. The number of benzene rings is 1. The van der Waals surface area contributed by atoms with E-state index in [0.717, 1.165) is 31.6 Å². The van der Waals surface area contributed by atoms with Crippen LogP contribution >= 0.6 is 0 Å². The number of hydrogen-bond acceptors (Lipinski definition) is 3. The van der Waals surface area contributed by atoms with Crippen molar-refractivity contribution >= 4 is 0 Å². The van der Waals surface area contributed by atoms with E-state index >= 15 is 0 Å². The fourth-order valence-corrected chi connectivity index (χ4v) is 3.47. The molecular weight excluding hydrogens is 324 g/mol. The number of aromatic nitrogens is 4. The van der Waals surface area contributed by atoms with E-state index in [1.807, 2.05) is 24.9 Å². The minimum atomic E-state index is 0.452. The fraction of sp³-hybridized carbons (Fsp3) is 0.429. The van der Waals surface area contributed by atoms with E-state index in [9.17, 15) is 0 Å². The molecule has 0 fully saturated rings. The summed E-state index contributed by atoms with van der Waals surface area (Å²) in [7, 11) is 1.73. The lowest BCUT2D eigenvalue weighted by Gasteiger charge is -2.17. The van der Waals surface area contributed by atoms with Crippen LogP contribution in [0.3, 0.4) is 0 Å². The molecule has 0 bridgehead atoms. The van der Waals surface area contributed by atoms with E-state index in [-0.39, 0.29) is 0 Å². The zero-order chi connectivity index (χ0) is 18.4. The van der Waals surface area contributed by atoms with Gasteiger partial charge in [-0.1, -0.05) is 50.6 Å². The zero-order valence-electron chi connectivity index (χ0n) is 15.9. The molecule has 2 aromatic heterocycles. The molecule has 138 valence electrons. The summed E-state index contributed by atoms with van der Waals surface area (Å²) in [6.45, 7) is 6.80. The number of hydrogen-bond donors (Lipinski definition) is 0. The fourth-order valence-electron chi connectivity index (χ4n) is 3.47. The van der Waals surface area contributed by atoms with Crippen molar-refractivity contribution in [2.45, 2.75) is 45.7 Å². The Balaban J connectivity index is 1.94. The molecular formula is C21H28N4O. The Hall–Kier alpha value is -2.40. The minimum absolute atomic E-state index is 0.452. The highest BCUT2D eigenvalue weighted by Gasteiger charge is 2.19. The SMILES string of the molecule is CCCC(C)c1c(-c2ccccc2)ncn1Cc1cncn1CCOC. The smallest absolute Gasteiger partial charge is 0.0959 e. The van der Waals surface area contributed by atoms with Crippen LogP contribution < -0.4 is 0 Å². The number of rotatable bonds is 9. The van der Waals surface area contributed by atoms with Gasteiger partial charge in [0.15, 0.2) is 0 Å². The van der Waals surface area contributed by atoms with Crippen molar-refractivity contribution in [2.24, 2.45) is 0 Å². The number of methoxy groups -OCH3 is 1. The van der Waals surface area contributed by atoms with Crippen LogP contribution in [-0.2, 0) is 17.8 Å². The predicted molar refractivity (Wildman–Crippen MR) is 104 cm³/mol. The molecule has 26 heavy (non-hydrogen) atoms. The topological polar surface area (TPSA) is 44.9 Å². The first-order chi connectivity index (χ1) is 12.7. The van der Waals surface area contributed by atoms with Crippen LogP contribution in [0, 0.1) is 0 Å². The second kappa shape index (κ2) is 8.81. The predicted octanol–water partition coefficient (Wildman–Crippen LogP) is 4.34. The van der Waals surface area contributed by atoms with Crippen LogP contribution in [0.15, 0.2) is 49.2 Å². The lowest BCUT2D eigenvalue weighted by molar-refractivity contribution is 0.186. The average molecular weight is 352 g/mol. The molecule has 0 saturated carbocycles. The molecule has 1 aromatic carbocycles. The van der Waals surface area contributed by atoms with Crippen molar-refractivity contribution in [1.29, 1.82) is 0 Å². The number of nitrogens with zero attached hydrogens (tertiary/aromatic N) is 4. The summed E-state index contributed by atoms with van der Waals surface area (Å²) in [4.78, 5) is 9.09. The van der Waals surface area contributed by atoms with Gasteiger partial charge in [-0.05, 0) is 12.3 Å². The quantitative estimate of drug-likeness (QED) is 0.575. The van der Waals surface area contributed by atoms with Gasteiger partial charge in [-0.25, -0.2) is 9.97 Å². The molecule has 0 amide bonds. The normalized spacial score (nSPS) is 12.4. The van der Waals surface area contributed by atoms with Crippen LogP contribution in [0.2, 0.25) is 0 Å². The standard InChI is InChI=1S/C21H28N4O/c1-4-8-17(2)21-20(18-9-6-5-7-10-18)23-16-25(21)14-19-13-22-15-24(19)11-12-26-3/h5-7,9-10,13,15-17H,4,8,11-12,14H2,1-3H3.